The van der Waals surface area contributed by atoms with Crippen LogP contribution < -0.4 is 4.74 Å². The van der Waals surface area contributed by atoms with Gasteiger partial charge >= 0.3 is 5.97 Å². The Hall–Kier alpha value is -1.66. The Morgan fingerprint density at radius 1 is 1.48 bits per heavy atom. The minimum absolute atomic E-state index is 0.106. The van der Waals surface area contributed by atoms with E-state index < -0.39 is 11.9 Å². The molecule has 23 heavy (non-hydrogen) atoms. The number of halogens is 2. The first kappa shape index (κ1) is 17.7. The van der Waals surface area contributed by atoms with Crippen LogP contribution in [0.5, 0.6) is 5.75 Å². The topological polar surface area (TPSA) is 53.4 Å². The highest BCUT2D eigenvalue weighted by atomic mass is 19.3. The first-order valence-electron chi connectivity index (χ1n) is 8.04. The number of carbonyl (C=O) groups excluding carboxylic acids is 1. The summed E-state index contributed by atoms with van der Waals surface area (Å²) in [5.74, 6) is -2.97. The SMILES string of the molecule is CCCCOc1c(C)nn(CC2CCC(F)(F)C2)c1C(=O)OC. The second kappa shape index (κ2) is 7.27. The van der Waals surface area contributed by atoms with E-state index in [0.717, 1.165) is 12.8 Å². The molecule has 1 aromatic heterocycles. The van der Waals surface area contributed by atoms with Crippen molar-refractivity contribution in [1.29, 1.82) is 0 Å². The molecular weight excluding hydrogens is 306 g/mol. The number of alkyl halides is 2. The predicted molar refractivity (Wildman–Crippen MR) is 81.0 cm³/mol. The van der Waals surface area contributed by atoms with E-state index in [0.29, 0.717) is 24.5 Å². The quantitative estimate of drug-likeness (QED) is 0.566. The van der Waals surface area contributed by atoms with Gasteiger partial charge in [0.05, 0.1) is 13.7 Å². The molecule has 0 N–H and O–H groups in total. The molecule has 1 unspecified atom stereocenters. The molecule has 1 aliphatic carbocycles. The van der Waals surface area contributed by atoms with Gasteiger partial charge in [-0.05, 0) is 25.7 Å². The van der Waals surface area contributed by atoms with Crippen molar-refractivity contribution in [3.63, 3.8) is 0 Å². The largest absolute Gasteiger partial charge is 0.489 e. The molecule has 0 aromatic carbocycles. The zero-order chi connectivity index (χ0) is 17.0. The minimum atomic E-state index is -2.61. The lowest BCUT2D eigenvalue weighted by molar-refractivity contribution is 0.00420. The van der Waals surface area contributed by atoms with Crippen molar-refractivity contribution < 1.29 is 23.0 Å². The van der Waals surface area contributed by atoms with Gasteiger partial charge in [0, 0.05) is 19.4 Å². The number of nitrogens with zero attached hydrogens (tertiary/aromatic N) is 2. The summed E-state index contributed by atoms with van der Waals surface area (Å²) >= 11 is 0. The molecular formula is C16H24F2N2O3. The van der Waals surface area contributed by atoms with E-state index in [-0.39, 0.29) is 31.0 Å². The number of aryl methyl sites for hydroxylation is 1. The van der Waals surface area contributed by atoms with E-state index in [1.165, 1.54) is 11.8 Å². The number of unbranched alkanes of at least 4 members (excludes halogenated alkanes) is 1. The fraction of sp³-hybridized carbons (Fsp3) is 0.750. The highest BCUT2D eigenvalue weighted by Gasteiger charge is 2.40. The summed E-state index contributed by atoms with van der Waals surface area (Å²) in [6.07, 6.45) is 1.99. The molecule has 0 bridgehead atoms. The normalized spacial score (nSPS) is 19.8. The molecule has 7 heteroatoms. The number of methoxy groups -OCH3 is 1. The molecule has 1 heterocycles. The van der Waals surface area contributed by atoms with Gasteiger partial charge in [-0.2, -0.15) is 5.10 Å². The van der Waals surface area contributed by atoms with Gasteiger partial charge in [-0.1, -0.05) is 13.3 Å². The maximum atomic E-state index is 13.4. The van der Waals surface area contributed by atoms with E-state index in [1.807, 2.05) is 6.92 Å². The number of esters is 1. The monoisotopic (exact) mass is 330 g/mol. The van der Waals surface area contributed by atoms with Crippen LogP contribution in [-0.4, -0.2) is 35.4 Å². The van der Waals surface area contributed by atoms with Crippen LogP contribution in [0, 0.1) is 12.8 Å². The Kier molecular flexibility index (Phi) is 5.59. The average molecular weight is 330 g/mol. The first-order chi connectivity index (χ1) is 10.9. The van der Waals surface area contributed by atoms with Gasteiger partial charge in [-0.3, -0.25) is 4.68 Å². The Bertz CT molecular complexity index is 558. The molecule has 1 aliphatic rings. The third-order valence-electron chi connectivity index (χ3n) is 4.13. The highest BCUT2D eigenvalue weighted by Crippen LogP contribution is 2.40. The second-order valence-electron chi connectivity index (χ2n) is 6.10. The molecule has 1 atom stereocenters. The molecule has 0 amide bonds. The van der Waals surface area contributed by atoms with Crippen LogP contribution in [0.15, 0.2) is 0 Å². The number of hydrogen-bond acceptors (Lipinski definition) is 4. The number of carbonyl (C=O) groups is 1. The number of ether oxygens (including phenoxy) is 2. The van der Waals surface area contributed by atoms with Gasteiger partial charge in [-0.25, -0.2) is 13.6 Å². The summed E-state index contributed by atoms with van der Waals surface area (Å²) < 4.78 is 38.7. The van der Waals surface area contributed by atoms with Crippen molar-refractivity contribution in [2.75, 3.05) is 13.7 Å². The Morgan fingerprint density at radius 3 is 2.78 bits per heavy atom. The van der Waals surface area contributed by atoms with Crippen molar-refractivity contribution in [2.24, 2.45) is 5.92 Å². The summed E-state index contributed by atoms with van der Waals surface area (Å²) in [6, 6.07) is 0. The summed E-state index contributed by atoms with van der Waals surface area (Å²) in [6.45, 7) is 4.54. The second-order valence-corrected chi connectivity index (χ2v) is 6.10. The van der Waals surface area contributed by atoms with Crippen molar-refractivity contribution in [2.45, 2.75) is 58.4 Å². The zero-order valence-corrected chi connectivity index (χ0v) is 13.9. The van der Waals surface area contributed by atoms with Crippen molar-refractivity contribution in [3.05, 3.63) is 11.4 Å². The molecule has 130 valence electrons. The number of hydrogen-bond donors (Lipinski definition) is 0. The molecule has 1 aromatic rings. The molecule has 0 saturated heterocycles. The third kappa shape index (κ3) is 4.20. The van der Waals surface area contributed by atoms with Gasteiger partial charge in [0.2, 0.25) is 5.92 Å². The van der Waals surface area contributed by atoms with Crippen LogP contribution >= 0.6 is 0 Å². The van der Waals surface area contributed by atoms with Gasteiger partial charge in [0.15, 0.2) is 11.4 Å². The van der Waals surface area contributed by atoms with E-state index in [4.69, 9.17) is 9.47 Å². The fourth-order valence-electron chi connectivity index (χ4n) is 2.93. The van der Waals surface area contributed by atoms with Crippen LogP contribution in [0.1, 0.15) is 55.2 Å². The summed E-state index contributed by atoms with van der Waals surface area (Å²) in [4.78, 5) is 12.1. The minimum Gasteiger partial charge on any atom is -0.489 e. The van der Waals surface area contributed by atoms with Gasteiger partial charge < -0.3 is 9.47 Å². The van der Waals surface area contributed by atoms with Gasteiger partial charge in [0.25, 0.3) is 0 Å². The zero-order valence-electron chi connectivity index (χ0n) is 13.9. The van der Waals surface area contributed by atoms with Gasteiger partial charge in [0.1, 0.15) is 5.69 Å². The number of rotatable bonds is 7. The molecule has 0 aliphatic heterocycles. The first-order valence-corrected chi connectivity index (χ1v) is 8.04. The summed E-state index contributed by atoms with van der Waals surface area (Å²) in [5, 5.41) is 4.32. The average Bonchev–Trinajstić information content (AvgIpc) is 2.98. The predicted octanol–water partition coefficient (Wildman–Crippen LogP) is 3.59. The van der Waals surface area contributed by atoms with Crippen molar-refractivity contribution >= 4 is 5.97 Å². The molecule has 1 fully saturated rings. The van der Waals surface area contributed by atoms with Crippen molar-refractivity contribution in [3.8, 4) is 5.75 Å². The lowest BCUT2D eigenvalue weighted by atomic mass is 10.1. The smallest absolute Gasteiger partial charge is 0.360 e. The Labute approximate surface area is 134 Å². The summed E-state index contributed by atoms with van der Waals surface area (Å²) in [7, 11) is 1.29. The van der Waals surface area contributed by atoms with E-state index >= 15 is 0 Å². The lowest BCUT2D eigenvalue weighted by Crippen LogP contribution is -2.18. The molecule has 0 spiro atoms. The van der Waals surface area contributed by atoms with Gasteiger partial charge in [-0.15, -0.1) is 0 Å². The van der Waals surface area contributed by atoms with E-state index in [2.05, 4.69) is 5.10 Å². The third-order valence-corrected chi connectivity index (χ3v) is 4.13. The molecule has 1 saturated carbocycles. The van der Waals surface area contributed by atoms with E-state index in [1.54, 1.807) is 6.92 Å². The maximum absolute atomic E-state index is 13.4. The summed E-state index contributed by atoms with van der Waals surface area (Å²) in [5.41, 5.74) is 0.794. The number of aromatic nitrogens is 2. The van der Waals surface area contributed by atoms with Crippen LogP contribution in [0.25, 0.3) is 0 Å². The van der Waals surface area contributed by atoms with E-state index in [9.17, 15) is 13.6 Å². The Morgan fingerprint density at radius 2 is 2.22 bits per heavy atom. The van der Waals surface area contributed by atoms with Crippen molar-refractivity contribution in [1.82, 2.24) is 9.78 Å². The molecule has 5 nitrogen and oxygen atoms in total. The highest BCUT2D eigenvalue weighted by molar-refractivity contribution is 5.91. The lowest BCUT2D eigenvalue weighted by Gasteiger charge is -2.13. The van der Waals surface area contributed by atoms with Crippen LogP contribution in [-0.2, 0) is 11.3 Å². The standard InChI is InChI=1S/C16H24F2N2O3/c1-4-5-8-23-14-11(2)19-20(13(14)15(21)22-3)10-12-6-7-16(17,18)9-12/h12H,4-10H2,1-3H3. The Balaban J connectivity index is 2.21. The van der Waals surface area contributed by atoms with Crippen LogP contribution in [0.4, 0.5) is 8.78 Å². The maximum Gasteiger partial charge on any atom is 0.360 e. The van der Waals surface area contributed by atoms with Crippen LogP contribution in [0.3, 0.4) is 0 Å². The molecule has 0 radical (unpaired) electrons. The molecule has 2 rings (SSSR count). The fourth-order valence-corrected chi connectivity index (χ4v) is 2.93. The van der Waals surface area contributed by atoms with Crippen LogP contribution in [0.2, 0.25) is 0 Å².